The number of halogens is 3. The molecule has 0 aliphatic carbocycles. The number of ether oxygens (including phenoxy) is 1. The molecule has 3 aromatic rings. The Kier molecular flexibility index (Phi) is 5.64. The highest BCUT2D eigenvalue weighted by atomic mass is 19.1. The summed E-state index contributed by atoms with van der Waals surface area (Å²) in [4.78, 5) is 31.5. The number of anilines is 1. The van der Waals surface area contributed by atoms with Crippen molar-refractivity contribution >= 4 is 22.8 Å². The average Bonchev–Trinajstić information content (AvgIpc) is 3.17. The fraction of sp³-hybridized carbons (Fsp3) is 0.318. The van der Waals surface area contributed by atoms with E-state index in [0.29, 0.717) is 25.6 Å². The predicted octanol–water partition coefficient (Wildman–Crippen LogP) is 2.83. The Balaban J connectivity index is 2.08. The van der Waals surface area contributed by atoms with Crippen LogP contribution in [0, 0.1) is 24.4 Å². The Morgan fingerprint density at radius 3 is 2.69 bits per heavy atom. The minimum atomic E-state index is -0.946. The number of pyridine rings is 2. The lowest BCUT2D eigenvalue weighted by molar-refractivity contribution is 0.0524. The van der Waals surface area contributed by atoms with Crippen LogP contribution in [0.4, 0.5) is 19.0 Å². The van der Waals surface area contributed by atoms with E-state index in [2.05, 4.69) is 4.98 Å². The van der Waals surface area contributed by atoms with Crippen LogP contribution in [0.15, 0.2) is 29.2 Å². The van der Waals surface area contributed by atoms with E-state index in [1.54, 1.807) is 11.8 Å². The second kappa shape index (κ2) is 8.27. The zero-order chi connectivity index (χ0) is 23.2. The van der Waals surface area contributed by atoms with E-state index in [1.165, 1.54) is 6.92 Å². The fourth-order valence-corrected chi connectivity index (χ4v) is 3.88. The van der Waals surface area contributed by atoms with Gasteiger partial charge in [-0.25, -0.2) is 22.9 Å². The monoisotopic (exact) mass is 446 g/mol. The molecule has 4 rings (SSSR count). The van der Waals surface area contributed by atoms with Gasteiger partial charge in [0.1, 0.15) is 17.2 Å². The number of aromatic nitrogens is 2. The summed E-state index contributed by atoms with van der Waals surface area (Å²) in [6.07, 6.45) is 1.72. The molecule has 0 radical (unpaired) electrons. The molecule has 7 nitrogen and oxygen atoms in total. The highest BCUT2D eigenvalue weighted by Crippen LogP contribution is 2.29. The van der Waals surface area contributed by atoms with E-state index >= 15 is 4.39 Å². The van der Waals surface area contributed by atoms with Crippen LogP contribution in [-0.4, -0.2) is 41.3 Å². The average molecular weight is 446 g/mol. The van der Waals surface area contributed by atoms with Gasteiger partial charge in [0.15, 0.2) is 17.3 Å². The largest absolute Gasteiger partial charge is 0.462 e. The number of esters is 1. The molecule has 32 heavy (non-hydrogen) atoms. The molecule has 1 fully saturated rings. The molecule has 2 N–H and O–H groups in total. The molecule has 0 unspecified atom stereocenters. The molecule has 10 heteroatoms. The molecule has 3 heterocycles. The van der Waals surface area contributed by atoms with Gasteiger partial charge in [-0.15, -0.1) is 0 Å². The summed E-state index contributed by atoms with van der Waals surface area (Å²) < 4.78 is 49.6. The van der Waals surface area contributed by atoms with Gasteiger partial charge in [0.2, 0.25) is 5.43 Å². The predicted molar refractivity (Wildman–Crippen MR) is 113 cm³/mol. The Bertz CT molecular complexity index is 1290. The molecule has 2 aromatic heterocycles. The number of aryl methyl sites for hydroxylation is 1. The molecule has 1 aliphatic rings. The number of fused-ring (bicyclic) bond motifs is 1. The van der Waals surface area contributed by atoms with Gasteiger partial charge in [-0.05, 0) is 32.4 Å². The first-order valence-electron chi connectivity index (χ1n) is 10.1. The number of carbonyl (C=O) groups excluding carboxylic acids is 1. The van der Waals surface area contributed by atoms with Crippen molar-refractivity contribution in [3.63, 3.8) is 0 Å². The van der Waals surface area contributed by atoms with Gasteiger partial charge < -0.3 is 15.4 Å². The SMILES string of the molecule is CCOC(=O)c1cn(-c2ccc(F)cc2F)c2nc(N3CC[C@H](N)C3)c(F)c(C)c2c1=O. The number of rotatable bonds is 4. The van der Waals surface area contributed by atoms with Crippen LogP contribution >= 0.6 is 0 Å². The van der Waals surface area contributed by atoms with Gasteiger partial charge in [-0.1, -0.05) is 0 Å². The highest BCUT2D eigenvalue weighted by molar-refractivity contribution is 5.95. The van der Waals surface area contributed by atoms with Crippen molar-refractivity contribution in [2.75, 3.05) is 24.6 Å². The first-order valence-corrected chi connectivity index (χ1v) is 10.1. The first-order chi connectivity index (χ1) is 15.2. The topological polar surface area (TPSA) is 90.5 Å². The van der Waals surface area contributed by atoms with Crippen LogP contribution in [0.25, 0.3) is 16.7 Å². The summed E-state index contributed by atoms with van der Waals surface area (Å²) in [5, 5.41) is -0.191. The third-order valence-corrected chi connectivity index (χ3v) is 5.48. The van der Waals surface area contributed by atoms with Crippen molar-refractivity contribution in [1.82, 2.24) is 9.55 Å². The van der Waals surface area contributed by atoms with Crippen molar-refractivity contribution in [2.24, 2.45) is 5.73 Å². The standard InChI is InChI=1S/C22H21F3N4O3/c1-3-32-22(31)14-10-29(16-5-4-12(23)8-15(16)24)20-17(19(14)30)11(2)18(25)21(27-20)28-7-6-13(26)9-28/h4-5,8,10,13H,3,6-7,9,26H2,1-2H3/t13-/m0/s1. The van der Waals surface area contributed by atoms with Crippen molar-refractivity contribution < 1.29 is 22.7 Å². The summed E-state index contributed by atoms with van der Waals surface area (Å²) in [6.45, 7) is 3.79. The summed E-state index contributed by atoms with van der Waals surface area (Å²) in [7, 11) is 0. The first kappa shape index (κ1) is 21.8. The molecule has 1 saturated heterocycles. The van der Waals surface area contributed by atoms with Crippen LogP contribution in [0.5, 0.6) is 0 Å². The van der Waals surface area contributed by atoms with E-state index in [0.717, 1.165) is 22.9 Å². The van der Waals surface area contributed by atoms with Crippen LogP contribution in [0.2, 0.25) is 0 Å². The number of benzene rings is 1. The molecule has 1 aliphatic heterocycles. The van der Waals surface area contributed by atoms with E-state index in [1.807, 2.05) is 0 Å². The lowest BCUT2D eigenvalue weighted by atomic mass is 10.1. The van der Waals surface area contributed by atoms with Crippen molar-refractivity contribution in [3.05, 3.63) is 63.2 Å². The maximum absolute atomic E-state index is 15.3. The zero-order valence-electron chi connectivity index (χ0n) is 17.5. The zero-order valence-corrected chi connectivity index (χ0v) is 17.5. The minimum absolute atomic E-state index is 0.000959. The minimum Gasteiger partial charge on any atom is -0.462 e. The van der Waals surface area contributed by atoms with E-state index in [-0.39, 0.29) is 40.8 Å². The molecule has 0 spiro atoms. The molecular weight excluding hydrogens is 425 g/mol. The lowest BCUT2D eigenvalue weighted by Gasteiger charge is -2.21. The normalized spacial score (nSPS) is 16.1. The number of carbonyl (C=O) groups is 1. The summed E-state index contributed by atoms with van der Waals surface area (Å²) >= 11 is 0. The number of nitrogens with zero attached hydrogens (tertiary/aromatic N) is 3. The number of hydrogen-bond acceptors (Lipinski definition) is 6. The van der Waals surface area contributed by atoms with E-state index in [4.69, 9.17) is 10.5 Å². The van der Waals surface area contributed by atoms with Crippen molar-refractivity contribution in [2.45, 2.75) is 26.3 Å². The molecule has 1 aromatic carbocycles. The smallest absolute Gasteiger partial charge is 0.343 e. The van der Waals surface area contributed by atoms with Crippen LogP contribution < -0.4 is 16.1 Å². The van der Waals surface area contributed by atoms with Gasteiger partial charge in [0, 0.05) is 37.0 Å². The summed E-state index contributed by atoms with van der Waals surface area (Å²) in [5.74, 6) is -3.44. The maximum atomic E-state index is 15.3. The van der Waals surface area contributed by atoms with E-state index in [9.17, 15) is 18.4 Å². The van der Waals surface area contributed by atoms with Crippen molar-refractivity contribution in [1.29, 1.82) is 0 Å². The molecule has 0 bridgehead atoms. The van der Waals surface area contributed by atoms with Gasteiger partial charge in [-0.2, -0.15) is 0 Å². The summed E-state index contributed by atoms with van der Waals surface area (Å²) in [5.41, 5.74) is 4.47. The Morgan fingerprint density at radius 1 is 1.31 bits per heavy atom. The Labute approximate surface area is 181 Å². The second-order valence-electron chi connectivity index (χ2n) is 7.63. The third kappa shape index (κ3) is 3.60. The Hall–Kier alpha value is -3.40. The maximum Gasteiger partial charge on any atom is 0.343 e. The Morgan fingerprint density at radius 2 is 2.06 bits per heavy atom. The number of nitrogens with two attached hydrogens (primary N) is 1. The van der Waals surface area contributed by atoms with E-state index < -0.39 is 34.4 Å². The number of hydrogen-bond donors (Lipinski definition) is 1. The van der Waals surface area contributed by atoms with Gasteiger partial charge >= 0.3 is 5.97 Å². The third-order valence-electron chi connectivity index (χ3n) is 5.48. The van der Waals surface area contributed by atoms with Gasteiger partial charge in [0.05, 0.1) is 17.7 Å². The molecular formula is C22H21F3N4O3. The molecule has 168 valence electrons. The molecule has 0 saturated carbocycles. The van der Waals surface area contributed by atoms with Crippen molar-refractivity contribution in [3.8, 4) is 5.69 Å². The quantitative estimate of drug-likeness (QED) is 0.620. The van der Waals surface area contributed by atoms with Crippen LogP contribution in [0.3, 0.4) is 0 Å². The van der Waals surface area contributed by atoms with Crippen LogP contribution in [-0.2, 0) is 4.74 Å². The second-order valence-corrected chi connectivity index (χ2v) is 7.63. The fourth-order valence-electron chi connectivity index (χ4n) is 3.88. The lowest BCUT2D eigenvalue weighted by Crippen LogP contribution is -2.29. The van der Waals surface area contributed by atoms with Crippen LogP contribution in [0.1, 0.15) is 29.3 Å². The molecule has 1 atom stereocenters. The molecule has 0 amide bonds. The highest BCUT2D eigenvalue weighted by Gasteiger charge is 2.28. The summed E-state index contributed by atoms with van der Waals surface area (Å²) in [6, 6.07) is 2.69. The van der Waals surface area contributed by atoms with Gasteiger partial charge in [0.25, 0.3) is 0 Å². The van der Waals surface area contributed by atoms with Gasteiger partial charge in [-0.3, -0.25) is 9.36 Å².